The summed E-state index contributed by atoms with van der Waals surface area (Å²) in [5, 5.41) is 8.08. The van der Waals surface area contributed by atoms with Crippen molar-refractivity contribution in [1.82, 2.24) is 0 Å². The van der Waals surface area contributed by atoms with Gasteiger partial charge in [0.05, 0.1) is 6.07 Å². The van der Waals surface area contributed by atoms with Crippen LogP contribution in [0.25, 0.3) is 0 Å². The summed E-state index contributed by atoms with van der Waals surface area (Å²) in [6.45, 7) is 3.92. The molecule has 0 spiro atoms. The topological polar surface area (TPSA) is 23.8 Å². The fraction of sp³-hybridized carbons (Fsp3) is 0.800. The first kappa shape index (κ1) is 14.4. The van der Waals surface area contributed by atoms with Crippen molar-refractivity contribution in [2.45, 2.75) is 20.3 Å². The zero-order valence-electron chi connectivity index (χ0n) is 6.57. The van der Waals surface area contributed by atoms with Crippen LogP contribution in [0.2, 0.25) is 0 Å². The van der Waals surface area contributed by atoms with Crippen LogP contribution in [0.4, 0.5) is 15.1 Å². The Labute approximate surface area is 71.6 Å². The Balaban J connectivity index is 0. The molecule has 0 rings (SSSR count). The Bertz CT molecular complexity index is 150. The van der Waals surface area contributed by atoms with Gasteiger partial charge in [-0.25, -0.2) is 0 Å². The molecule has 0 aromatic rings. The van der Waals surface area contributed by atoms with E-state index in [1.54, 1.807) is 0 Å². The summed E-state index contributed by atoms with van der Waals surface area (Å²) in [7, 11) is 0. The summed E-state index contributed by atoms with van der Waals surface area (Å²) in [6, 6.07) is 2.11. The monoisotopic (exact) mass is 271 g/mol. The van der Waals surface area contributed by atoms with Crippen molar-refractivity contribution in [1.29, 1.82) is 5.26 Å². The molecular weight excluding hydrogens is 262 g/mol. The van der Waals surface area contributed by atoms with Gasteiger partial charge < -0.3 is 0 Å². The Kier molecular flexibility index (Phi) is 5.76. The van der Waals surface area contributed by atoms with Crippen LogP contribution >= 0.6 is 0 Å². The van der Waals surface area contributed by atoms with Crippen LogP contribution in [-0.4, -0.2) is 0 Å². The molecule has 0 saturated heterocycles. The van der Waals surface area contributed by atoms with Crippen LogP contribution in [-0.2, 0) is 18.5 Å². The molecule has 74 valence electrons. The van der Waals surface area contributed by atoms with Crippen molar-refractivity contribution in [3.8, 4) is 6.07 Å². The van der Waals surface area contributed by atoms with E-state index in [2.05, 4.69) is 6.07 Å². The van der Waals surface area contributed by atoms with Crippen molar-refractivity contribution in [2.75, 3.05) is 0 Å². The van der Waals surface area contributed by atoms with Crippen molar-refractivity contribution in [2.24, 2.45) is 5.92 Å². The second-order valence-corrected chi connectivity index (χ2v) is 5.22. The molecule has 0 aromatic heterocycles. The molecule has 1 atom stereocenters. The number of hydrogen-bond acceptors (Lipinski definition) is 1. The molecule has 0 saturated carbocycles. The van der Waals surface area contributed by atoms with Gasteiger partial charge in [0.1, 0.15) is 0 Å². The molecule has 0 N–H and O–H groups in total. The third-order valence-electron chi connectivity index (χ3n) is 0.833. The predicted octanol–water partition coefficient (Wildman–Crippen LogP) is 3.65. The third-order valence-corrected chi connectivity index (χ3v) is 0.833. The fourth-order valence-corrected chi connectivity index (χ4v) is 0.0913. The molecule has 0 aliphatic carbocycles. The molecule has 0 aromatic carbocycles. The first-order valence-electron chi connectivity index (χ1n) is 3.05. The molecule has 1 unspecified atom stereocenters. The minimum absolute atomic E-state index is 0.241. The van der Waals surface area contributed by atoms with E-state index in [-0.39, 0.29) is 5.92 Å². The summed E-state index contributed by atoms with van der Waals surface area (Å²) in [5.41, 5.74) is 0. The molecule has 0 heterocycles. The van der Waals surface area contributed by atoms with Crippen LogP contribution in [0, 0.1) is 17.2 Å². The first-order chi connectivity index (χ1) is 5.04. The van der Waals surface area contributed by atoms with Gasteiger partial charge in [0.2, 0.25) is 0 Å². The molecule has 0 fully saturated rings. The van der Waals surface area contributed by atoms with Crippen molar-refractivity contribution < 1.29 is 33.7 Å². The second kappa shape index (κ2) is 4.80. The predicted molar refractivity (Wildman–Crippen MR) is 30.6 cm³/mol. The molecule has 0 aliphatic heterocycles. The van der Waals surface area contributed by atoms with Gasteiger partial charge in [0.15, 0.2) is 0 Å². The number of rotatable bonds is 1. The van der Waals surface area contributed by atoms with Crippen molar-refractivity contribution >= 4 is 0 Å². The maximum absolute atomic E-state index is 9.91. The van der Waals surface area contributed by atoms with E-state index in [1.165, 1.54) is 0 Å². The molecular formula is C5H9F5NNb. The summed E-state index contributed by atoms with van der Waals surface area (Å²) in [4.78, 5) is 0. The van der Waals surface area contributed by atoms with E-state index in [9.17, 15) is 15.1 Å². The van der Waals surface area contributed by atoms with Crippen LogP contribution in [0.1, 0.15) is 20.3 Å². The Morgan fingerprint density at radius 3 is 1.50 bits per heavy atom. The normalized spacial score (nSPS) is 16.0. The maximum atomic E-state index is 9.91. The van der Waals surface area contributed by atoms with Gasteiger partial charge in [-0.3, -0.25) is 0 Å². The van der Waals surface area contributed by atoms with Gasteiger partial charge in [-0.1, -0.05) is 6.92 Å². The van der Waals surface area contributed by atoms with E-state index in [1.807, 2.05) is 13.8 Å². The summed E-state index contributed by atoms with van der Waals surface area (Å²) >= 11 is -9.19. The van der Waals surface area contributed by atoms with Gasteiger partial charge in [0.25, 0.3) is 0 Å². The van der Waals surface area contributed by atoms with Crippen molar-refractivity contribution in [3.05, 3.63) is 0 Å². The van der Waals surface area contributed by atoms with E-state index in [0.717, 1.165) is 6.42 Å². The fourth-order valence-electron chi connectivity index (χ4n) is 0.0913. The molecule has 12 heavy (non-hydrogen) atoms. The summed E-state index contributed by atoms with van der Waals surface area (Å²) in [5.74, 6) is 0.241. The molecule has 1 nitrogen and oxygen atoms in total. The van der Waals surface area contributed by atoms with Crippen LogP contribution < -0.4 is 0 Å². The average Bonchev–Trinajstić information content (AvgIpc) is 1.81. The van der Waals surface area contributed by atoms with Crippen molar-refractivity contribution in [3.63, 3.8) is 0 Å². The molecule has 0 radical (unpaired) electrons. The van der Waals surface area contributed by atoms with Gasteiger partial charge >= 0.3 is 33.7 Å². The first-order valence-corrected chi connectivity index (χ1v) is 7.20. The van der Waals surface area contributed by atoms with E-state index >= 15 is 0 Å². The second-order valence-electron chi connectivity index (χ2n) is 2.08. The van der Waals surface area contributed by atoms with Crippen LogP contribution in [0.3, 0.4) is 0 Å². The number of nitrogens with zero attached hydrogens (tertiary/aromatic N) is 1. The molecule has 7 heteroatoms. The van der Waals surface area contributed by atoms with Crippen LogP contribution in [0.5, 0.6) is 0 Å². The molecule has 0 bridgehead atoms. The Morgan fingerprint density at radius 1 is 1.25 bits per heavy atom. The van der Waals surface area contributed by atoms with E-state index in [0.29, 0.717) is 0 Å². The molecule has 0 aliphatic rings. The standard InChI is InChI=1S/C5H9N.5FH.Nb/c1-3-5(2)4-6;;;;;;/h5H,3H2,1-2H3;5*1H;/q;;;;;;+5/p-5. The quantitative estimate of drug-likeness (QED) is 0.527. The Hall–Kier alpha value is -0.120. The SMILES string of the molecule is CCC(C)C#N.[F][Nb]([F])([F])([F])[F]. The number of nitriles is 1. The third kappa shape index (κ3) is 51.7. The average molecular weight is 271 g/mol. The van der Waals surface area contributed by atoms with E-state index < -0.39 is 18.5 Å². The zero-order valence-corrected chi connectivity index (χ0v) is 8.77. The van der Waals surface area contributed by atoms with E-state index in [4.69, 9.17) is 5.26 Å². The van der Waals surface area contributed by atoms with Gasteiger partial charge in [0, 0.05) is 5.92 Å². The zero-order chi connectivity index (χ0) is 10.4. The Morgan fingerprint density at radius 2 is 1.50 bits per heavy atom. The summed E-state index contributed by atoms with van der Waals surface area (Å²) in [6.07, 6.45) is 0.969. The van der Waals surface area contributed by atoms with Crippen LogP contribution in [0.15, 0.2) is 0 Å². The van der Waals surface area contributed by atoms with Gasteiger partial charge in [-0.05, 0) is 13.3 Å². The number of hydrogen-bond donors (Lipinski definition) is 0. The van der Waals surface area contributed by atoms with Gasteiger partial charge in [-0.15, -0.1) is 0 Å². The number of halogens is 5. The van der Waals surface area contributed by atoms with Gasteiger partial charge in [-0.2, -0.15) is 5.26 Å². The summed E-state index contributed by atoms with van der Waals surface area (Å²) < 4.78 is 49.6. The molecule has 0 amide bonds. The minimum atomic E-state index is -9.19.